The van der Waals surface area contributed by atoms with Gasteiger partial charge in [0.1, 0.15) is 5.82 Å². The Morgan fingerprint density at radius 1 is 1.33 bits per heavy atom. The quantitative estimate of drug-likeness (QED) is 0.896. The zero-order valence-electron chi connectivity index (χ0n) is 11.6. The number of sulfonamides is 1. The molecule has 1 aromatic rings. The van der Waals surface area contributed by atoms with Crippen molar-refractivity contribution in [1.82, 2.24) is 4.90 Å². The Bertz CT molecular complexity index is 683. The molecule has 1 saturated heterocycles. The van der Waals surface area contributed by atoms with Crippen molar-refractivity contribution in [1.29, 1.82) is 0 Å². The molecule has 0 spiro atoms. The highest BCUT2D eigenvalue weighted by atomic mass is 35.5. The van der Waals surface area contributed by atoms with Gasteiger partial charge < -0.3 is 4.90 Å². The molecule has 2 atom stereocenters. The van der Waals surface area contributed by atoms with E-state index in [9.17, 15) is 17.6 Å². The van der Waals surface area contributed by atoms with Gasteiger partial charge >= 0.3 is 0 Å². The van der Waals surface area contributed by atoms with Crippen LogP contribution in [0.5, 0.6) is 0 Å². The van der Waals surface area contributed by atoms with Gasteiger partial charge in [-0.25, -0.2) is 17.9 Å². The molecule has 0 aliphatic carbocycles. The number of carbonyl (C=O) groups excluding carboxylic acids is 1. The van der Waals surface area contributed by atoms with Crippen molar-refractivity contribution in [2.45, 2.75) is 18.7 Å². The van der Waals surface area contributed by atoms with E-state index in [2.05, 4.69) is 0 Å². The van der Waals surface area contributed by atoms with Crippen molar-refractivity contribution < 1.29 is 17.6 Å². The number of rotatable bonds is 2. The van der Waals surface area contributed by atoms with Crippen LogP contribution in [0.4, 0.5) is 4.39 Å². The van der Waals surface area contributed by atoms with Gasteiger partial charge in [-0.15, -0.1) is 0 Å². The van der Waals surface area contributed by atoms with Crippen LogP contribution in [0, 0.1) is 17.7 Å². The average molecular weight is 335 g/mol. The van der Waals surface area contributed by atoms with E-state index in [0.717, 1.165) is 6.07 Å². The lowest BCUT2D eigenvalue weighted by atomic mass is 10.0. The maximum absolute atomic E-state index is 13.7. The van der Waals surface area contributed by atoms with Crippen LogP contribution in [-0.4, -0.2) is 32.3 Å². The SMILES string of the molecule is CC1CN(C(=O)c2cc(S(N)(=O)=O)cc(F)c2Cl)CC1C. The molecule has 0 bridgehead atoms. The molecule has 2 rings (SSSR count). The van der Waals surface area contributed by atoms with Crippen molar-refractivity contribution in [3.05, 3.63) is 28.5 Å². The van der Waals surface area contributed by atoms with Crippen molar-refractivity contribution in [3.8, 4) is 0 Å². The van der Waals surface area contributed by atoms with Crippen molar-refractivity contribution in [2.24, 2.45) is 17.0 Å². The number of hydrogen-bond acceptors (Lipinski definition) is 3. The van der Waals surface area contributed by atoms with Gasteiger partial charge in [-0.05, 0) is 24.0 Å². The van der Waals surface area contributed by atoms with E-state index < -0.39 is 26.6 Å². The lowest BCUT2D eigenvalue weighted by Crippen LogP contribution is -2.29. The van der Waals surface area contributed by atoms with Gasteiger partial charge in [0.25, 0.3) is 5.91 Å². The van der Waals surface area contributed by atoms with E-state index in [0.29, 0.717) is 31.0 Å². The predicted molar refractivity (Wildman–Crippen MR) is 77.0 cm³/mol. The summed E-state index contributed by atoms with van der Waals surface area (Å²) in [7, 11) is -4.11. The molecule has 0 saturated carbocycles. The minimum Gasteiger partial charge on any atom is -0.338 e. The highest BCUT2D eigenvalue weighted by molar-refractivity contribution is 7.89. The Kier molecular flexibility index (Phi) is 4.28. The molecule has 1 fully saturated rings. The minimum atomic E-state index is -4.11. The van der Waals surface area contributed by atoms with E-state index in [4.69, 9.17) is 16.7 Å². The summed E-state index contributed by atoms with van der Waals surface area (Å²) in [5.41, 5.74) is -0.179. The largest absolute Gasteiger partial charge is 0.338 e. The van der Waals surface area contributed by atoms with Crippen LogP contribution < -0.4 is 5.14 Å². The summed E-state index contributed by atoms with van der Waals surface area (Å²) < 4.78 is 36.4. The molecule has 116 valence electrons. The number of primary sulfonamides is 1. The van der Waals surface area contributed by atoms with Crippen molar-refractivity contribution in [3.63, 3.8) is 0 Å². The zero-order valence-corrected chi connectivity index (χ0v) is 13.2. The number of halogens is 2. The minimum absolute atomic E-state index is 0.179. The summed E-state index contributed by atoms with van der Waals surface area (Å²) in [5, 5.41) is 4.59. The lowest BCUT2D eigenvalue weighted by molar-refractivity contribution is 0.0784. The summed E-state index contributed by atoms with van der Waals surface area (Å²) in [6.45, 7) is 5.08. The molecule has 1 aliphatic rings. The number of nitrogens with zero attached hydrogens (tertiary/aromatic N) is 1. The van der Waals surface area contributed by atoms with E-state index in [-0.39, 0.29) is 10.6 Å². The highest BCUT2D eigenvalue weighted by Crippen LogP contribution is 2.29. The average Bonchev–Trinajstić information content (AvgIpc) is 2.70. The standard InChI is InChI=1S/C13H16ClFN2O3S/c1-7-5-17(6-8(7)2)13(18)10-3-9(21(16,19)20)4-11(15)12(10)14/h3-4,7-8H,5-6H2,1-2H3,(H2,16,19,20). The molecule has 1 aromatic carbocycles. The first kappa shape index (κ1) is 16.2. The Morgan fingerprint density at radius 3 is 2.33 bits per heavy atom. The van der Waals surface area contributed by atoms with Crippen LogP contribution >= 0.6 is 11.6 Å². The van der Waals surface area contributed by atoms with Gasteiger partial charge in [0, 0.05) is 13.1 Å². The van der Waals surface area contributed by atoms with Gasteiger partial charge in [0.05, 0.1) is 15.5 Å². The van der Waals surface area contributed by atoms with Gasteiger partial charge in [0.2, 0.25) is 10.0 Å². The number of likely N-dealkylation sites (tertiary alicyclic amines) is 1. The van der Waals surface area contributed by atoms with E-state index in [1.54, 1.807) is 4.90 Å². The molecule has 5 nitrogen and oxygen atoms in total. The zero-order chi connectivity index (χ0) is 15.9. The normalized spacial score (nSPS) is 22.6. The van der Waals surface area contributed by atoms with Crippen LogP contribution in [0.2, 0.25) is 5.02 Å². The molecule has 8 heteroatoms. The van der Waals surface area contributed by atoms with Crippen LogP contribution in [0.1, 0.15) is 24.2 Å². The molecule has 0 aromatic heterocycles. The van der Waals surface area contributed by atoms with E-state index in [1.807, 2.05) is 13.8 Å². The lowest BCUT2D eigenvalue weighted by Gasteiger charge is -2.17. The van der Waals surface area contributed by atoms with Gasteiger partial charge in [0.15, 0.2) is 0 Å². The van der Waals surface area contributed by atoms with Crippen molar-refractivity contribution >= 4 is 27.5 Å². The Hall–Kier alpha value is -1.18. The Balaban J connectivity index is 2.44. The molecular weight excluding hydrogens is 319 g/mol. The third-order valence-electron chi connectivity index (χ3n) is 3.84. The van der Waals surface area contributed by atoms with Crippen LogP contribution in [0.25, 0.3) is 0 Å². The summed E-state index contributed by atoms with van der Waals surface area (Å²) in [5.74, 6) is -0.828. The number of hydrogen-bond donors (Lipinski definition) is 1. The van der Waals surface area contributed by atoms with Crippen LogP contribution in [0.15, 0.2) is 17.0 Å². The first-order chi connectivity index (χ1) is 9.61. The summed E-state index contributed by atoms with van der Waals surface area (Å²) in [4.78, 5) is 13.5. The van der Waals surface area contributed by atoms with Crippen LogP contribution in [0.3, 0.4) is 0 Å². The molecule has 2 unspecified atom stereocenters. The topological polar surface area (TPSA) is 80.5 Å². The summed E-state index contributed by atoms with van der Waals surface area (Å²) in [6.07, 6.45) is 0. The van der Waals surface area contributed by atoms with Gasteiger partial charge in [-0.3, -0.25) is 4.79 Å². The molecule has 0 radical (unpaired) electrons. The first-order valence-corrected chi connectivity index (χ1v) is 8.34. The first-order valence-electron chi connectivity index (χ1n) is 6.42. The second kappa shape index (κ2) is 5.55. The molecule has 1 heterocycles. The fourth-order valence-electron chi connectivity index (χ4n) is 2.35. The maximum atomic E-state index is 13.7. The predicted octanol–water partition coefficient (Wildman–Crippen LogP) is 1.85. The number of nitrogens with two attached hydrogens (primary N) is 1. The second-order valence-corrected chi connectivity index (χ2v) is 7.42. The molecular formula is C13H16ClFN2O3S. The summed E-state index contributed by atoms with van der Waals surface area (Å²) >= 11 is 5.80. The maximum Gasteiger partial charge on any atom is 0.255 e. The van der Waals surface area contributed by atoms with Crippen LogP contribution in [-0.2, 0) is 10.0 Å². The number of amides is 1. The number of carbonyl (C=O) groups is 1. The smallest absolute Gasteiger partial charge is 0.255 e. The van der Waals surface area contributed by atoms with Gasteiger partial charge in [-0.1, -0.05) is 25.4 Å². The molecule has 21 heavy (non-hydrogen) atoms. The van der Waals surface area contributed by atoms with E-state index >= 15 is 0 Å². The molecule has 2 N–H and O–H groups in total. The second-order valence-electron chi connectivity index (χ2n) is 5.48. The monoisotopic (exact) mass is 334 g/mol. The molecule has 1 amide bonds. The fraction of sp³-hybridized carbons (Fsp3) is 0.462. The van der Waals surface area contributed by atoms with Crippen molar-refractivity contribution in [2.75, 3.05) is 13.1 Å². The number of benzene rings is 1. The Labute approximate surface area is 127 Å². The molecule has 1 aliphatic heterocycles. The third kappa shape index (κ3) is 3.20. The third-order valence-corrected chi connectivity index (χ3v) is 5.11. The fourth-order valence-corrected chi connectivity index (χ4v) is 3.09. The Morgan fingerprint density at radius 2 is 1.86 bits per heavy atom. The van der Waals surface area contributed by atoms with E-state index in [1.165, 1.54) is 0 Å². The van der Waals surface area contributed by atoms with Gasteiger partial charge in [-0.2, -0.15) is 0 Å². The summed E-state index contributed by atoms with van der Waals surface area (Å²) in [6, 6.07) is 1.74. The highest BCUT2D eigenvalue weighted by Gasteiger charge is 2.32.